The monoisotopic (exact) mass is 438 g/mol. The predicted octanol–water partition coefficient (Wildman–Crippen LogP) is 3.28. The second-order valence-corrected chi connectivity index (χ2v) is 9.39. The Labute approximate surface area is 183 Å². The number of nitrogens with zero attached hydrogens (tertiary/aromatic N) is 4. The Kier molecular flexibility index (Phi) is 6.18. The number of rotatable bonds is 5. The Hall–Kier alpha value is -3.00. The quantitative estimate of drug-likeness (QED) is 0.717. The van der Waals surface area contributed by atoms with E-state index >= 15 is 0 Å². The molecule has 2 aliphatic heterocycles. The molecule has 7 nitrogen and oxygen atoms in total. The molecule has 1 aromatic carbocycles. The third kappa shape index (κ3) is 4.69. The van der Waals surface area contributed by atoms with Crippen LogP contribution < -0.4 is 0 Å². The molecule has 31 heavy (non-hydrogen) atoms. The van der Waals surface area contributed by atoms with Gasteiger partial charge in [-0.3, -0.25) is 14.1 Å². The molecule has 1 amide bonds. The highest BCUT2D eigenvalue weighted by Crippen LogP contribution is 2.32. The topological polar surface area (TPSA) is 82.9 Å². The van der Waals surface area contributed by atoms with E-state index in [9.17, 15) is 13.2 Å². The molecule has 2 aliphatic rings. The van der Waals surface area contributed by atoms with Crippen LogP contribution in [-0.2, 0) is 21.4 Å². The fraction of sp³-hybridized carbons (Fsp3) is 0.348. The second kappa shape index (κ2) is 9.01. The summed E-state index contributed by atoms with van der Waals surface area (Å²) in [5.74, 6) is -0.186. The zero-order valence-corrected chi connectivity index (χ0v) is 18.3. The molecule has 162 valence electrons. The van der Waals surface area contributed by atoms with Crippen molar-refractivity contribution in [3.8, 4) is 0 Å². The fourth-order valence-corrected chi connectivity index (χ4v) is 5.21. The van der Waals surface area contributed by atoms with Crippen molar-refractivity contribution in [3.63, 3.8) is 0 Å². The number of likely N-dealkylation sites (tertiary alicyclic amines) is 1. The van der Waals surface area contributed by atoms with Gasteiger partial charge in [0.15, 0.2) is 0 Å². The normalized spacial score (nSPS) is 20.7. The Balaban J connectivity index is 1.59. The Bertz CT molecular complexity index is 1100. The van der Waals surface area contributed by atoms with Crippen LogP contribution in [0.2, 0.25) is 0 Å². The Morgan fingerprint density at radius 2 is 1.94 bits per heavy atom. The van der Waals surface area contributed by atoms with Crippen LogP contribution in [-0.4, -0.2) is 47.3 Å². The van der Waals surface area contributed by atoms with Crippen LogP contribution in [0.5, 0.6) is 0 Å². The number of pyridine rings is 1. The number of hydrogen-bond acceptors (Lipinski definition) is 4. The van der Waals surface area contributed by atoms with Gasteiger partial charge in [-0.1, -0.05) is 36.4 Å². The summed E-state index contributed by atoms with van der Waals surface area (Å²) in [5.41, 5.74) is 2.59. The summed E-state index contributed by atoms with van der Waals surface area (Å²) in [4.78, 5) is 19.5. The molecule has 0 spiro atoms. The van der Waals surface area contributed by atoms with Crippen molar-refractivity contribution in [1.29, 1.82) is 0 Å². The van der Waals surface area contributed by atoms with Crippen molar-refractivity contribution in [2.24, 2.45) is 4.40 Å². The molecular formula is C23H26N4O3S. The van der Waals surface area contributed by atoms with Gasteiger partial charge in [-0.15, -0.1) is 4.40 Å². The summed E-state index contributed by atoms with van der Waals surface area (Å²) < 4.78 is 30.3. The molecule has 1 fully saturated rings. The van der Waals surface area contributed by atoms with Crippen LogP contribution in [0.1, 0.15) is 43.4 Å². The van der Waals surface area contributed by atoms with Crippen molar-refractivity contribution < 1.29 is 13.2 Å². The van der Waals surface area contributed by atoms with E-state index in [0.29, 0.717) is 18.5 Å². The van der Waals surface area contributed by atoms with Gasteiger partial charge in [0, 0.05) is 31.7 Å². The molecule has 8 heteroatoms. The number of piperidine rings is 1. The van der Waals surface area contributed by atoms with Crippen molar-refractivity contribution in [1.82, 2.24) is 14.2 Å². The minimum absolute atomic E-state index is 0.0695. The molecule has 1 unspecified atom stereocenters. The molecule has 0 N–H and O–H groups in total. The first kappa shape index (κ1) is 21.2. The number of carbonyl (C=O) groups is 1. The van der Waals surface area contributed by atoms with Gasteiger partial charge in [0.1, 0.15) is 0 Å². The molecular weight excluding hydrogens is 412 g/mol. The number of carbonyl (C=O) groups excluding carboxylic acids is 1. The lowest BCUT2D eigenvalue weighted by molar-refractivity contribution is -0.130. The maximum Gasteiger partial charge on any atom is 0.344 e. The molecule has 0 saturated carbocycles. The lowest BCUT2D eigenvalue weighted by Gasteiger charge is -2.37. The predicted molar refractivity (Wildman–Crippen MR) is 120 cm³/mol. The number of aromatic nitrogens is 1. The van der Waals surface area contributed by atoms with Gasteiger partial charge in [0.05, 0.1) is 17.3 Å². The average Bonchev–Trinajstić information content (AvgIpc) is 2.79. The van der Waals surface area contributed by atoms with Gasteiger partial charge >= 0.3 is 10.2 Å². The van der Waals surface area contributed by atoms with E-state index in [4.69, 9.17) is 0 Å². The first-order valence-corrected chi connectivity index (χ1v) is 11.9. The van der Waals surface area contributed by atoms with Crippen LogP contribution in [0.25, 0.3) is 0 Å². The summed E-state index contributed by atoms with van der Waals surface area (Å²) >= 11 is 0. The minimum atomic E-state index is -3.84. The van der Waals surface area contributed by atoms with Crippen molar-refractivity contribution >= 4 is 21.8 Å². The van der Waals surface area contributed by atoms with E-state index in [1.165, 1.54) is 10.5 Å². The third-order valence-electron chi connectivity index (χ3n) is 5.74. The molecule has 0 bridgehead atoms. The zero-order chi connectivity index (χ0) is 21.8. The van der Waals surface area contributed by atoms with Gasteiger partial charge < -0.3 is 4.90 Å². The van der Waals surface area contributed by atoms with Gasteiger partial charge in [-0.05, 0) is 49.8 Å². The zero-order valence-electron chi connectivity index (χ0n) is 17.5. The molecule has 0 aliphatic carbocycles. The van der Waals surface area contributed by atoms with E-state index in [0.717, 1.165) is 30.4 Å². The summed E-state index contributed by atoms with van der Waals surface area (Å²) in [6, 6.07) is 13.4. The van der Waals surface area contributed by atoms with Crippen LogP contribution in [0, 0.1) is 0 Å². The first-order valence-electron chi connectivity index (χ1n) is 10.5. The highest BCUT2D eigenvalue weighted by Gasteiger charge is 2.34. The number of amides is 1. The van der Waals surface area contributed by atoms with E-state index in [1.54, 1.807) is 19.3 Å². The highest BCUT2D eigenvalue weighted by atomic mass is 32.2. The summed E-state index contributed by atoms with van der Waals surface area (Å²) in [7, 11) is -3.84. The summed E-state index contributed by atoms with van der Waals surface area (Å²) in [6.45, 7) is 2.44. The largest absolute Gasteiger partial charge is 0.344 e. The molecule has 3 heterocycles. The molecule has 1 saturated heterocycles. The molecule has 0 radical (unpaired) electrons. The summed E-state index contributed by atoms with van der Waals surface area (Å²) in [5, 5.41) is 0. The van der Waals surface area contributed by atoms with E-state index < -0.39 is 10.2 Å². The first-order chi connectivity index (χ1) is 15.0. The lowest BCUT2D eigenvalue weighted by atomic mass is 9.95. The standard InChI is InChI=1S/C23H26N4O3S/c1-18-21(17-26(31(29,30)25-18)15-12-19-8-3-2-4-9-19)23(28)27-14-6-5-11-22(27)20-10-7-13-24-16-20/h2-4,7-10,13,16-17,22H,5-6,11-12,14-15H2,1H3. The van der Waals surface area contributed by atoms with Gasteiger partial charge in [-0.2, -0.15) is 8.42 Å². The third-order valence-corrected chi connectivity index (χ3v) is 7.12. The van der Waals surface area contributed by atoms with Crippen LogP contribution in [0.15, 0.2) is 71.0 Å². The van der Waals surface area contributed by atoms with Crippen molar-refractivity contribution in [2.75, 3.05) is 13.1 Å². The van der Waals surface area contributed by atoms with E-state index in [-0.39, 0.29) is 24.2 Å². The van der Waals surface area contributed by atoms with Gasteiger partial charge in [0.25, 0.3) is 5.91 Å². The molecule has 1 aromatic heterocycles. The lowest BCUT2D eigenvalue weighted by Crippen LogP contribution is -2.42. The van der Waals surface area contributed by atoms with Gasteiger partial charge in [-0.25, -0.2) is 0 Å². The maximum absolute atomic E-state index is 13.5. The molecule has 4 rings (SSSR count). The SMILES string of the molecule is CC1=NS(=O)(=O)N(CCc2ccccc2)C=C1C(=O)N1CCCCC1c1cccnc1. The van der Waals surface area contributed by atoms with Crippen molar-refractivity contribution in [3.05, 3.63) is 77.8 Å². The second-order valence-electron chi connectivity index (χ2n) is 7.84. The highest BCUT2D eigenvalue weighted by molar-refractivity contribution is 7.88. The average molecular weight is 439 g/mol. The van der Waals surface area contributed by atoms with E-state index in [2.05, 4.69) is 9.38 Å². The Morgan fingerprint density at radius 1 is 1.13 bits per heavy atom. The number of hydrogen-bond donors (Lipinski definition) is 0. The smallest absolute Gasteiger partial charge is 0.331 e. The summed E-state index contributed by atoms with van der Waals surface area (Å²) in [6.07, 6.45) is 8.32. The van der Waals surface area contributed by atoms with Crippen LogP contribution in [0.3, 0.4) is 0 Å². The van der Waals surface area contributed by atoms with Gasteiger partial charge in [0.2, 0.25) is 0 Å². The van der Waals surface area contributed by atoms with Crippen LogP contribution >= 0.6 is 0 Å². The Morgan fingerprint density at radius 3 is 2.68 bits per heavy atom. The molecule has 1 atom stereocenters. The number of benzene rings is 1. The minimum Gasteiger partial charge on any atom is -0.331 e. The van der Waals surface area contributed by atoms with Crippen LogP contribution in [0.4, 0.5) is 0 Å². The van der Waals surface area contributed by atoms with Crippen molar-refractivity contribution in [2.45, 2.75) is 38.6 Å². The molecule has 2 aromatic rings. The van der Waals surface area contributed by atoms with E-state index in [1.807, 2.05) is 47.4 Å². The fourth-order valence-electron chi connectivity index (χ4n) is 4.10. The maximum atomic E-state index is 13.5.